The van der Waals surface area contributed by atoms with Crippen LogP contribution in [-0.2, 0) is 4.74 Å². The van der Waals surface area contributed by atoms with Gasteiger partial charge in [-0.2, -0.15) is 0 Å². The van der Waals surface area contributed by atoms with Crippen LogP contribution < -0.4 is 5.73 Å². The molecular formula is C11H25ClN2O. The van der Waals surface area contributed by atoms with Crippen molar-refractivity contribution in [3.05, 3.63) is 0 Å². The molecule has 0 atom stereocenters. The normalized spacial score (nSPS) is 21.0. The van der Waals surface area contributed by atoms with Crippen molar-refractivity contribution in [3.63, 3.8) is 0 Å². The second-order valence-corrected chi connectivity index (χ2v) is 4.94. The minimum Gasteiger partial charge on any atom is -0.379 e. The molecule has 1 aliphatic heterocycles. The van der Waals surface area contributed by atoms with Crippen molar-refractivity contribution >= 4 is 12.4 Å². The third-order valence-corrected chi connectivity index (χ3v) is 2.79. The predicted molar refractivity (Wildman–Crippen MR) is 66.6 cm³/mol. The Hall–Kier alpha value is 0.170. The van der Waals surface area contributed by atoms with Crippen LogP contribution in [0.25, 0.3) is 0 Å². The van der Waals surface area contributed by atoms with E-state index in [0.29, 0.717) is 18.6 Å². The topological polar surface area (TPSA) is 38.5 Å². The highest BCUT2D eigenvalue weighted by Crippen LogP contribution is 2.27. The molecule has 0 aromatic carbocycles. The Morgan fingerprint density at radius 1 is 1.33 bits per heavy atom. The van der Waals surface area contributed by atoms with Crippen LogP contribution in [0.5, 0.6) is 0 Å². The molecule has 0 aliphatic carbocycles. The zero-order chi connectivity index (χ0) is 10.4. The van der Waals surface area contributed by atoms with E-state index < -0.39 is 0 Å². The Morgan fingerprint density at radius 2 is 2.07 bits per heavy atom. The van der Waals surface area contributed by atoms with Crippen molar-refractivity contribution in [2.45, 2.75) is 26.7 Å². The maximum atomic E-state index is 5.39. The molecule has 1 saturated heterocycles. The Kier molecular flexibility index (Phi) is 7.53. The van der Waals surface area contributed by atoms with Gasteiger partial charge in [0.05, 0.1) is 13.2 Å². The second-order valence-electron chi connectivity index (χ2n) is 4.94. The summed E-state index contributed by atoms with van der Waals surface area (Å²) in [5, 5.41) is 0. The number of hydrogen-bond acceptors (Lipinski definition) is 3. The fourth-order valence-electron chi connectivity index (χ4n) is 2.11. The number of likely N-dealkylation sites (tertiary alicyclic amines) is 1. The predicted octanol–water partition coefficient (Wildman–Crippen LogP) is 1.51. The Labute approximate surface area is 99.7 Å². The van der Waals surface area contributed by atoms with E-state index in [4.69, 9.17) is 10.5 Å². The van der Waals surface area contributed by atoms with Gasteiger partial charge in [0, 0.05) is 19.6 Å². The Bertz CT molecular complexity index is 165. The van der Waals surface area contributed by atoms with Crippen LogP contribution in [0.2, 0.25) is 0 Å². The lowest BCUT2D eigenvalue weighted by Crippen LogP contribution is -2.41. The third kappa shape index (κ3) is 6.36. The van der Waals surface area contributed by atoms with Gasteiger partial charge in [0.1, 0.15) is 0 Å². The van der Waals surface area contributed by atoms with Crippen LogP contribution in [0.3, 0.4) is 0 Å². The van der Waals surface area contributed by atoms with Gasteiger partial charge in [0.2, 0.25) is 0 Å². The maximum Gasteiger partial charge on any atom is 0.0594 e. The summed E-state index contributed by atoms with van der Waals surface area (Å²) in [6.45, 7) is 10.3. The van der Waals surface area contributed by atoms with Gasteiger partial charge in [-0.25, -0.2) is 0 Å². The SMILES string of the molecule is CC1(C)CCCN(CCOCCN)C1.Cl. The van der Waals surface area contributed by atoms with Crippen molar-refractivity contribution in [1.82, 2.24) is 4.90 Å². The summed E-state index contributed by atoms with van der Waals surface area (Å²) in [4.78, 5) is 2.50. The molecule has 0 saturated carbocycles. The summed E-state index contributed by atoms with van der Waals surface area (Å²) in [7, 11) is 0. The summed E-state index contributed by atoms with van der Waals surface area (Å²) < 4.78 is 5.39. The Balaban J connectivity index is 0.00000196. The van der Waals surface area contributed by atoms with Gasteiger partial charge in [-0.05, 0) is 24.8 Å². The van der Waals surface area contributed by atoms with Crippen LogP contribution in [0.15, 0.2) is 0 Å². The molecule has 0 aromatic rings. The summed E-state index contributed by atoms with van der Waals surface area (Å²) in [6.07, 6.45) is 2.68. The largest absolute Gasteiger partial charge is 0.379 e. The molecule has 1 rings (SSSR count). The first-order valence-electron chi connectivity index (χ1n) is 5.64. The molecule has 3 nitrogen and oxygen atoms in total. The first-order valence-corrected chi connectivity index (χ1v) is 5.64. The van der Waals surface area contributed by atoms with Crippen LogP contribution in [0.1, 0.15) is 26.7 Å². The number of nitrogens with zero attached hydrogens (tertiary/aromatic N) is 1. The average Bonchev–Trinajstić information content (AvgIpc) is 2.11. The van der Waals surface area contributed by atoms with Crippen molar-refractivity contribution in [1.29, 1.82) is 0 Å². The standard InChI is InChI=1S/C11H24N2O.ClH/c1-11(2)4-3-6-13(10-11)7-9-14-8-5-12;/h3-10,12H2,1-2H3;1H. The van der Waals surface area contributed by atoms with Crippen molar-refractivity contribution in [2.24, 2.45) is 11.1 Å². The van der Waals surface area contributed by atoms with Gasteiger partial charge in [-0.15, -0.1) is 12.4 Å². The lowest BCUT2D eigenvalue weighted by molar-refractivity contribution is 0.0677. The molecule has 92 valence electrons. The number of hydrogen-bond donors (Lipinski definition) is 1. The molecule has 0 unspecified atom stereocenters. The van der Waals surface area contributed by atoms with Crippen molar-refractivity contribution < 1.29 is 4.74 Å². The number of rotatable bonds is 5. The van der Waals surface area contributed by atoms with E-state index in [0.717, 1.165) is 13.2 Å². The third-order valence-electron chi connectivity index (χ3n) is 2.79. The first kappa shape index (κ1) is 15.2. The first-order chi connectivity index (χ1) is 6.64. The molecule has 1 aliphatic rings. The smallest absolute Gasteiger partial charge is 0.0594 e. The Morgan fingerprint density at radius 3 is 2.67 bits per heavy atom. The molecule has 0 spiro atoms. The molecule has 2 N–H and O–H groups in total. The van der Waals surface area contributed by atoms with E-state index in [1.54, 1.807) is 0 Å². The van der Waals surface area contributed by atoms with E-state index in [1.165, 1.54) is 25.9 Å². The van der Waals surface area contributed by atoms with Crippen molar-refractivity contribution in [3.8, 4) is 0 Å². The van der Waals surface area contributed by atoms with E-state index in [2.05, 4.69) is 18.7 Å². The maximum absolute atomic E-state index is 5.39. The summed E-state index contributed by atoms with van der Waals surface area (Å²) in [5.74, 6) is 0. The van der Waals surface area contributed by atoms with Gasteiger partial charge >= 0.3 is 0 Å². The molecule has 0 bridgehead atoms. The van der Waals surface area contributed by atoms with Gasteiger partial charge in [-0.3, -0.25) is 0 Å². The molecule has 0 aromatic heterocycles. The van der Waals surface area contributed by atoms with E-state index in [9.17, 15) is 0 Å². The number of ether oxygens (including phenoxy) is 1. The zero-order valence-corrected chi connectivity index (χ0v) is 10.8. The highest BCUT2D eigenvalue weighted by atomic mass is 35.5. The molecular weight excluding hydrogens is 212 g/mol. The quantitative estimate of drug-likeness (QED) is 0.736. The highest BCUT2D eigenvalue weighted by molar-refractivity contribution is 5.85. The summed E-state index contributed by atoms with van der Waals surface area (Å²) in [6, 6.07) is 0. The minimum atomic E-state index is 0. The van der Waals surface area contributed by atoms with Crippen molar-refractivity contribution in [2.75, 3.05) is 39.4 Å². The monoisotopic (exact) mass is 236 g/mol. The molecule has 0 radical (unpaired) electrons. The number of halogens is 1. The molecule has 4 heteroatoms. The fourth-order valence-corrected chi connectivity index (χ4v) is 2.11. The number of nitrogens with two attached hydrogens (primary N) is 1. The van der Waals surface area contributed by atoms with Gasteiger partial charge < -0.3 is 15.4 Å². The number of piperidine rings is 1. The molecule has 1 heterocycles. The summed E-state index contributed by atoms with van der Waals surface area (Å²) in [5.41, 5.74) is 5.84. The highest BCUT2D eigenvalue weighted by Gasteiger charge is 2.25. The summed E-state index contributed by atoms with van der Waals surface area (Å²) >= 11 is 0. The van der Waals surface area contributed by atoms with Crippen LogP contribution in [0.4, 0.5) is 0 Å². The van der Waals surface area contributed by atoms with E-state index >= 15 is 0 Å². The fraction of sp³-hybridized carbons (Fsp3) is 1.00. The second kappa shape index (κ2) is 7.44. The van der Waals surface area contributed by atoms with Gasteiger partial charge in [-0.1, -0.05) is 13.8 Å². The van der Waals surface area contributed by atoms with Gasteiger partial charge in [0.15, 0.2) is 0 Å². The van der Waals surface area contributed by atoms with E-state index in [1.807, 2.05) is 0 Å². The average molecular weight is 237 g/mol. The molecule has 15 heavy (non-hydrogen) atoms. The van der Waals surface area contributed by atoms with Gasteiger partial charge in [0.25, 0.3) is 0 Å². The minimum absolute atomic E-state index is 0. The van der Waals surface area contributed by atoms with Crippen LogP contribution >= 0.6 is 12.4 Å². The zero-order valence-electron chi connectivity index (χ0n) is 10.00. The van der Waals surface area contributed by atoms with Crippen LogP contribution in [-0.4, -0.2) is 44.3 Å². The van der Waals surface area contributed by atoms with Crippen LogP contribution in [0, 0.1) is 5.41 Å². The molecule has 0 amide bonds. The molecule has 1 fully saturated rings. The van der Waals surface area contributed by atoms with E-state index in [-0.39, 0.29) is 12.4 Å². The lowest BCUT2D eigenvalue weighted by Gasteiger charge is -2.37. The lowest BCUT2D eigenvalue weighted by atomic mass is 9.84.